The standard InChI is InChI=1S/C19H25N3O2/c1-22-12-11-20-19(22)18(15-7-9-16(24-2)10-8-15)21-17(23)13-14-5-3-4-6-14/h7-12,14,18H,3-6,13H2,1-2H3,(H,21,23). The van der Waals surface area contributed by atoms with Crippen molar-refractivity contribution in [2.75, 3.05) is 7.11 Å². The number of carbonyl (C=O) groups is 1. The highest BCUT2D eigenvalue weighted by Gasteiger charge is 2.24. The third kappa shape index (κ3) is 3.78. The van der Waals surface area contributed by atoms with Crippen LogP contribution in [-0.2, 0) is 11.8 Å². The maximum atomic E-state index is 12.5. The van der Waals surface area contributed by atoms with E-state index in [0.717, 1.165) is 17.1 Å². The second-order valence-corrected chi connectivity index (χ2v) is 6.52. The molecule has 1 aromatic heterocycles. The smallest absolute Gasteiger partial charge is 0.221 e. The molecule has 1 fully saturated rings. The van der Waals surface area contributed by atoms with Crippen molar-refractivity contribution in [3.63, 3.8) is 0 Å². The number of hydrogen-bond donors (Lipinski definition) is 1. The minimum atomic E-state index is -0.246. The summed E-state index contributed by atoms with van der Waals surface area (Å²) >= 11 is 0. The van der Waals surface area contributed by atoms with Crippen LogP contribution >= 0.6 is 0 Å². The van der Waals surface area contributed by atoms with E-state index < -0.39 is 0 Å². The number of ether oxygens (including phenoxy) is 1. The van der Waals surface area contributed by atoms with Gasteiger partial charge in [-0.15, -0.1) is 0 Å². The zero-order valence-corrected chi connectivity index (χ0v) is 14.4. The van der Waals surface area contributed by atoms with Gasteiger partial charge in [0.1, 0.15) is 17.6 Å². The molecule has 1 aromatic carbocycles. The van der Waals surface area contributed by atoms with Crippen LogP contribution in [0.1, 0.15) is 49.5 Å². The van der Waals surface area contributed by atoms with Gasteiger partial charge in [-0.1, -0.05) is 25.0 Å². The number of carbonyl (C=O) groups excluding carboxylic acids is 1. The van der Waals surface area contributed by atoms with Gasteiger partial charge < -0.3 is 14.6 Å². The maximum Gasteiger partial charge on any atom is 0.221 e. The first-order valence-corrected chi connectivity index (χ1v) is 8.58. The Kier molecular flexibility index (Phi) is 5.18. The molecule has 5 nitrogen and oxygen atoms in total. The number of aryl methyl sites for hydroxylation is 1. The van der Waals surface area contributed by atoms with Gasteiger partial charge in [-0.3, -0.25) is 4.79 Å². The fourth-order valence-electron chi connectivity index (χ4n) is 3.45. The summed E-state index contributed by atoms with van der Waals surface area (Å²) in [5, 5.41) is 3.18. The van der Waals surface area contributed by atoms with Gasteiger partial charge in [-0.05, 0) is 36.5 Å². The summed E-state index contributed by atoms with van der Waals surface area (Å²) in [7, 11) is 3.59. The summed E-state index contributed by atoms with van der Waals surface area (Å²) in [4.78, 5) is 17.0. The predicted molar refractivity (Wildman–Crippen MR) is 92.8 cm³/mol. The molecule has 1 amide bonds. The summed E-state index contributed by atoms with van der Waals surface area (Å²) in [6, 6.07) is 7.54. The van der Waals surface area contributed by atoms with Crippen LogP contribution in [0.4, 0.5) is 0 Å². The van der Waals surface area contributed by atoms with E-state index in [4.69, 9.17) is 4.74 Å². The number of hydrogen-bond acceptors (Lipinski definition) is 3. The molecular weight excluding hydrogens is 302 g/mol. The Hall–Kier alpha value is -2.30. The van der Waals surface area contributed by atoms with Crippen molar-refractivity contribution < 1.29 is 9.53 Å². The van der Waals surface area contributed by atoms with E-state index in [1.54, 1.807) is 13.3 Å². The van der Waals surface area contributed by atoms with Gasteiger partial charge in [-0.2, -0.15) is 0 Å². The molecular formula is C19H25N3O2. The molecule has 0 spiro atoms. The minimum Gasteiger partial charge on any atom is -0.497 e. The Morgan fingerprint density at radius 2 is 2.04 bits per heavy atom. The van der Waals surface area contributed by atoms with E-state index in [9.17, 15) is 4.79 Å². The van der Waals surface area contributed by atoms with E-state index in [2.05, 4.69) is 10.3 Å². The van der Waals surface area contributed by atoms with Crippen molar-refractivity contribution in [1.29, 1.82) is 0 Å². The molecule has 24 heavy (non-hydrogen) atoms. The number of nitrogens with one attached hydrogen (secondary N) is 1. The molecule has 1 aliphatic rings. The lowest BCUT2D eigenvalue weighted by molar-refractivity contribution is -0.122. The zero-order valence-electron chi connectivity index (χ0n) is 14.4. The highest BCUT2D eigenvalue weighted by atomic mass is 16.5. The molecule has 1 aliphatic carbocycles. The second kappa shape index (κ2) is 7.51. The summed E-state index contributed by atoms with van der Waals surface area (Å²) < 4.78 is 7.17. The maximum absolute atomic E-state index is 12.5. The highest BCUT2D eigenvalue weighted by Crippen LogP contribution is 2.28. The Balaban J connectivity index is 1.79. The SMILES string of the molecule is COc1ccc(C(NC(=O)CC2CCCC2)c2nccn2C)cc1. The van der Waals surface area contributed by atoms with Crippen LogP contribution < -0.4 is 10.1 Å². The van der Waals surface area contributed by atoms with Crippen LogP contribution in [0.2, 0.25) is 0 Å². The average molecular weight is 327 g/mol. The zero-order chi connectivity index (χ0) is 16.9. The highest BCUT2D eigenvalue weighted by molar-refractivity contribution is 5.77. The lowest BCUT2D eigenvalue weighted by Crippen LogP contribution is -2.32. The molecule has 0 aliphatic heterocycles. The van der Waals surface area contributed by atoms with Crippen molar-refractivity contribution in [2.45, 2.75) is 38.1 Å². The molecule has 1 N–H and O–H groups in total. The van der Waals surface area contributed by atoms with Crippen molar-refractivity contribution in [3.05, 3.63) is 48.0 Å². The first-order valence-electron chi connectivity index (χ1n) is 8.58. The average Bonchev–Trinajstić information content (AvgIpc) is 3.24. The molecule has 1 atom stereocenters. The van der Waals surface area contributed by atoms with Gasteiger partial charge in [0.2, 0.25) is 5.91 Å². The first-order chi connectivity index (χ1) is 11.7. The first kappa shape index (κ1) is 16.6. The van der Waals surface area contributed by atoms with E-state index in [-0.39, 0.29) is 11.9 Å². The predicted octanol–water partition coefficient (Wildman–Crippen LogP) is 3.21. The largest absolute Gasteiger partial charge is 0.497 e. The van der Waals surface area contributed by atoms with Gasteiger partial charge >= 0.3 is 0 Å². The van der Waals surface area contributed by atoms with E-state index in [1.165, 1.54) is 25.7 Å². The fraction of sp³-hybridized carbons (Fsp3) is 0.474. The van der Waals surface area contributed by atoms with Crippen molar-refractivity contribution >= 4 is 5.91 Å². The minimum absolute atomic E-state index is 0.103. The topological polar surface area (TPSA) is 56.1 Å². The molecule has 128 valence electrons. The van der Waals surface area contributed by atoms with Crippen molar-refractivity contribution in [3.8, 4) is 5.75 Å². The normalized spacial score (nSPS) is 16.1. The van der Waals surface area contributed by atoms with Crippen LogP contribution in [-0.4, -0.2) is 22.6 Å². The number of benzene rings is 1. The molecule has 1 unspecified atom stereocenters. The second-order valence-electron chi connectivity index (χ2n) is 6.52. The lowest BCUT2D eigenvalue weighted by Gasteiger charge is -2.20. The van der Waals surface area contributed by atoms with Crippen LogP contribution in [0.15, 0.2) is 36.7 Å². The molecule has 3 rings (SSSR count). The van der Waals surface area contributed by atoms with Gasteiger partial charge in [0.15, 0.2) is 0 Å². The Bertz CT molecular complexity index is 672. The Morgan fingerprint density at radius 3 is 2.62 bits per heavy atom. The molecule has 0 radical (unpaired) electrons. The molecule has 1 saturated carbocycles. The van der Waals surface area contributed by atoms with Gasteiger partial charge in [0.25, 0.3) is 0 Å². The van der Waals surface area contributed by atoms with Gasteiger partial charge in [0, 0.05) is 25.9 Å². The summed E-state index contributed by atoms with van der Waals surface area (Å²) in [6.45, 7) is 0. The summed E-state index contributed by atoms with van der Waals surface area (Å²) in [5.41, 5.74) is 1.00. The Morgan fingerprint density at radius 1 is 1.33 bits per heavy atom. The van der Waals surface area contributed by atoms with E-state index >= 15 is 0 Å². The van der Waals surface area contributed by atoms with Crippen LogP contribution in [0, 0.1) is 5.92 Å². The monoisotopic (exact) mass is 327 g/mol. The number of amides is 1. The van der Waals surface area contributed by atoms with Crippen molar-refractivity contribution in [1.82, 2.24) is 14.9 Å². The summed E-state index contributed by atoms with van der Waals surface area (Å²) in [6.07, 6.45) is 9.10. The number of methoxy groups -OCH3 is 1. The van der Waals surface area contributed by atoms with Crippen molar-refractivity contribution in [2.24, 2.45) is 13.0 Å². The third-order valence-corrected chi connectivity index (χ3v) is 4.82. The third-order valence-electron chi connectivity index (χ3n) is 4.82. The number of imidazole rings is 1. The quantitative estimate of drug-likeness (QED) is 0.886. The molecule has 0 saturated heterocycles. The van der Waals surface area contributed by atoms with Crippen LogP contribution in [0.3, 0.4) is 0 Å². The molecule has 2 aromatic rings. The molecule has 0 bridgehead atoms. The van der Waals surface area contributed by atoms with Crippen LogP contribution in [0.25, 0.3) is 0 Å². The molecule has 5 heteroatoms. The van der Waals surface area contributed by atoms with E-state index in [0.29, 0.717) is 12.3 Å². The van der Waals surface area contributed by atoms with Gasteiger partial charge in [-0.25, -0.2) is 4.98 Å². The number of nitrogens with zero attached hydrogens (tertiary/aromatic N) is 2. The lowest BCUT2D eigenvalue weighted by atomic mass is 10.0. The fourth-order valence-corrected chi connectivity index (χ4v) is 3.45. The van der Waals surface area contributed by atoms with Gasteiger partial charge in [0.05, 0.1) is 7.11 Å². The number of aromatic nitrogens is 2. The number of rotatable bonds is 6. The van der Waals surface area contributed by atoms with E-state index in [1.807, 2.05) is 42.1 Å². The van der Waals surface area contributed by atoms with Crippen LogP contribution in [0.5, 0.6) is 5.75 Å². The Labute approximate surface area is 143 Å². The molecule has 1 heterocycles. The summed E-state index contributed by atoms with van der Waals surface area (Å²) in [5.74, 6) is 2.27.